The minimum atomic E-state index is 0.528. The Morgan fingerprint density at radius 1 is 1.20 bits per heavy atom. The van der Waals surface area contributed by atoms with Crippen LogP contribution in [0.2, 0.25) is 0 Å². The van der Waals surface area contributed by atoms with Crippen molar-refractivity contribution in [2.45, 2.75) is 32.5 Å². The topological polar surface area (TPSA) is 28.4 Å². The molecule has 0 saturated heterocycles. The van der Waals surface area contributed by atoms with Crippen molar-refractivity contribution in [2.75, 3.05) is 13.1 Å². The predicted octanol–water partition coefficient (Wildman–Crippen LogP) is 2.82. The first-order valence-corrected chi connectivity index (χ1v) is 7.40. The smallest absolute Gasteiger partial charge is 0.117 e. The van der Waals surface area contributed by atoms with Gasteiger partial charge in [-0.25, -0.2) is 0 Å². The highest BCUT2D eigenvalue weighted by Crippen LogP contribution is 2.17. The van der Waals surface area contributed by atoms with Crippen LogP contribution in [-0.2, 0) is 19.5 Å². The number of likely N-dealkylation sites (N-methyl/N-ethyl adjacent to an activating group) is 1. The molecule has 1 N–H and O–H groups in total. The summed E-state index contributed by atoms with van der Waals surface area (Å²) in [5.74, 6) is 1.04. The molecule has 1 unspecified atom stereocenters. The molecule has 1 aliphatic heterocycles. The molecule has 0 fully saturated rings. The average Bonchev–Trinajstić information content (AvgIpc) is 2.99. The molecule has 3 heteroatoms. The molecule has 0 amide bonds. The number of hydrogen-bond donors (Lipinski definition) is 1. The number of nitrogens with one attached hydrogen (secondary N) is 1. The van der Waals surface area contributed by atoms with Crippen molar-refractivity contribution in [3.8, 4) is 0 Å². The van der Waals surface area contributed by atoms with Crippen molar-refractivity contribution < 1.29 is 4.42 Å². The molecule has 3 nitrogen and oxygen atoms in total. The van der Waals surface area contributed by atoms with Gasteiger partial charge < -0.3 is 9.73 Å². The zero-order valence-electron chi connectivity index (χ0n) is 12.0. The molecular weight excluding hydrogens is 248 g/mol. The summed E-state index contributed by atoms with van der Waals surface area (Å²) in [5.41, 5.74) is 2.93. The first-order valence-electron chi connectivity index (χ1n) is 7.40. The highest BCUT2D eigenvalue weighted by Gasteiger charge is 2.19. The van der Waals surface area contributed by atoms with E-state index in [0.29, 0.717) is 6.04 Å². The van der Waals surface area contributed by atoms with Gasteiger partial charge in [0.25, 0.3) is 0 Å². The number of nitrogens with zero attached hydrogens (tertiary/aromatic N) is 1. The molecule has 2 aromatic rings. The third-order valence-electron chi connectivity index (χ3n) is 4.05. The molecule has 1 aromatic heterocycles. The van der Waals surface area contributed by atoms with Crippen LogP contribution in [0.15, 0.2) is 47.1 Å². The summed E-state index contributed by atoms with van der Waals surface area (Å²) in [6.07, 6.45) is 2.86. The maximum atomic E-state index is 5.45. The third-order valence-corrected chi connectivity index (χ3v) is 4.05. The van der Waals surface area contributed by atoms with Gasteiger partial charge in [0.2, 0.25) is 0 Å². The third kappa shape index (κ3) is 3.11. The van der Waals surface area contributed by atoms with Gasteiger partial charge in [-0.15, -0.1) is 0 Å². The van der Waals surface area contributed by atoms with E-state index >= 15 is 0 Å². The summed E-state index contributed by atoms with van der Waals surface area (Å²) in [4.78, 5) is 2.43. The van der Waals surface area contributed by atoms with E-state index in [9.17, 15) is 0 Å². The Kier molecular flexibility index (Phi) is 4.19. The lowest BCUT2D eigenvalue weighted by atomic mass is 9.95. The van der Waals surface area contributed by atoms with Gasteiger partial charge >= 0.3 is 0 Å². The lowest BCUT2D eigenvalue weighted by Crippen LogP contribution is -2.44. The monoisotopic (exact) mass is 270 g/mol. The van der Waals surface area contributed by atoms with Gasteiger partial charge in [0.1, 0.15) is 5.76 Å². The second kappa shape index (κ2) is 6.25. The van der Waals surface area contributed by atoms with E-state index in [1.807, 2.05) is 12.1 Å². The molecule has 1 atom stereocenters. The standard InChI is InChI=1S/C17H22N2O/c1-2-19(13-17-8-5-9-20-17)12-16-10-14-6-3-4-7-15(14)11-18-16/h3-9,16,18H,2,10-13H2,1H3. The molecule has 0 saturated carbocycles. The summed E-state index contributed by atoms with van der Waals surface area (Å²) in [6.45, 7) is 6.19. The molecule has 20 heavy (non-hydrogen) atoms. The van der Waals surface area contributed by atoms with Crippen LogP contribution in [-0.4, -0.2) is 24.0 Å². The SMILES string of the molecule is CCN(Cc1ccco1)CC1Cc2ccccc2CN1. The van der Waals surface area contributed by atoms with Crippen molar-refractivity contribution in [1.29, 1.82) is 0 Å². The van der Waals surface area contributed by atoms with Crippen LogP contribution < -0.4 is 5.32 Å². The van der Waals surface area contributed by atoms with E-state index in [1.165, 1.54) is 11.1 Å². The Morgan fingerprint density at radius 2 is 2.05 bits per heavy atom. The second-order valence-electron chi connectivity index (χ2n) is 5.46. The fraction of sp³-hybridized carbons (Fsp3) is 0.412. The molecule has 0 radical (unpaired) electrons. The summed E-state index contributed by atoms with van der Waals surface area (Å²) < 4.78 is 5.45. The highest BCUT2D eigenvalue weighted by atomic mass is 16.3. The van der Waals surface area contributed by atoms with Crippen molar-refractivity contribution in [1.82, 2.24) is 10.2 Å². The van der Waals surface area contributed by atoms with Crippen LogP contribution in [0.4, 0.5) is 0 Å². The molecule has 3 rings (SSSR count). The lowest BCUT2D eigenvalue weighted by molar-refractivity contribution is 0.222. The molecular formula is C17H22N2O. The van der Waals surface area contributed by atoms with Gasteiger partial charge in [0.15, 0.2) is 0 Å². The first-order chi connectivity index (χ1) is 9.85. The van der Waals surface area contributed by atoms with Gasteiger partial charge in [-0.2, -0.15) is 0 Å². The Labute approximate surface area is 120 Å². The van der Waals surface area contributed by atoms with Crippen LogP contribution in [0.5, 0.6) is 0 Å². The van der Waals surface area contributed by atoms with E-state index in [-0.39, 0.29) is 0 Å². The Hall–Kier alpha value is -1.58. The van der Waals surface area contributed by atoms with Gasteiger partial charge in [-0.3, -0.25) is 4.90 Å². The summed E-state index contributed by atoms with van der Waals surface area (Å²) in [5, 5.41) is 3.65. The van der Waals surface area contributed by atoms with E-state index in [2.05, 4.69) is 41.4 Å². The number of rotatable bonds is 5. The number of hydrogen-bond acceptors (Lipinski definition) is 3. The minimum absolute atomic E-state index is 0.528. The molecule has 0 bridgehead atoms. The van der Waals surface area contributed by atoms with Crippen LogP contribution in [0.1, 0.15) is 23.8 Å². The van der Waals surface area contributed by atoms with E-state index in [1.54, 1.807) is 6.26 Å². The van der Waals surface area contributed by atoms with Crippen LogP contribution in [0.25, 0.3) is 0 Å². The molecule has 1 aliphatic rings. The van der Waals surface area contributed by atoms with Gasteiger partial charge in [-0.05, 0) is 36.2 Å². The summed E-state index contributed by atoms with van der Waals surface area (Å²) in [7, 11) is 0. The lowest BCUT2D eigenvalue weighted by Gasteiger charge is -2.30. The van der Waals surface area contributed by atoms with Crippen molar-refractivity contribution in [2.24, 2.45) is 0 Å². The van der Waals surface area contributed by atoms with Gasteiger partial charge in [0.05, 0.1) is 12.8 Å². The number of furan rings is 1. The normalized spacial score (nSPS) is 18.2. The largest absolute Gasteiger partial charge is 0.468 e. The van der Waals surface area contributed by atoms with Gasteiger partial charge in [0, 0.05) is 19.1 Å². The van der Waals surface area contributed by atoms with Crippen LogP contribution >= 0.6 is 0 Å². The number of benzene rings is 1. The van der Waals surface area contributed by atoms with Crippen molar-refractivity contribution in [3.63, 3.8) is 0 Å². The molecule has 2 heterocycles. The van der Waals surface area contributed by atoms with Gasteiger partial charge in [-0.1, -0.05) is 31.2 Å². The minimum Gasteiger partial charge on any atom is -0.468 e. The molecule has 0 aliphatic carbocycles. The number of fused-ring (bicyclic) bond motifs is 1. The van der Waals surface area contributed by atoms with E-state index in [0.717, 1.165) is 38.4 Å². The molecule has 106 valence electrons. The average molecular weight is 270 g/mol. The van der Waals surface area contributed by atoms with Crippen LogP contribution in [0, 0.1) is 0 Å². The Morgan fingerprint density at radius 3 is 2.80 bits per heavy atom. The molecule has 1 aromatic carbocycles. The maximum Gasteiger partial charge on any atom is 0.117 e. The van der Waals surface area contributed by atoms with E-state index < -0.39 is 0 Å². The zero-order valence-corrected chi connectivity index (χ0v) is 12.0. The first kappa shape index (κ1) is 13.4. The quantitative estimate of drug-likeness (QED) is 0.905. The maximum absolute atomic E-state index is 5.45. The van der Waals surface area contributed by atoms with Crippen molar-refractivity contribution in [3.05, 3.63) is 59.5 Å². The van der Waals surface area contributed by atoms with E-state index in [4.69, 9.17) is 4.42 Å². The zero-order chi connectivity index (χ0) is 13.8. The Balaban J connectivity index is 1.60. The fourth-order valence-corrected chi connectivity index (χ4v) is 2.89. The summed E-state index contributed by atoms with van der Waals surface area (Å²) >= 11 is 0. The van der Waals surface area contributed by atoms with Crippen molar-refractivity contribution >= 4 is 0 Å². The molecule has 0 spiro atoms. The highest BCUT2D eigenvalue weighted by molar-refractivity contribution is 5.29. The fourth-order valence-electron chi connectivity index (χ4n) is 2.89. The van der Waals surface area contributed by atoms with Crippen LogP contribution in [0.3, 0.4) is 0 Å². The Bertz CT molecular complexity index is 536. The summed E-state index contributed by atoms with van der Waals surface area (Å²) in [6, 6.07) is 13.3. The second-order valence-corrected chi connectivity index (χ2v) is 5.46. The predicted molar refractivity (Wildman–Crippen MR) is 80.4 cm³/mol.